The molecule has 0 fully saturated rings. The van der Waals surface area contributed by atoms with Crippen LogP contribution in [0.1, 0.15) is 11.1 Å². The predicted molar refractivity (Wildman–Crippen MR) is 85.9 cm³/mol. The monoisotopic (exact) mass is 319 g/mol. The van der Waals surface area contributed by atoms with Gasteiger partial charge in [-0.25, -0.2) is 4.39 Å². The molecule has 1 aromatic carbocycles. The zero-order valence-electron chi connectivity index (χ0n) is 11.0. The first kappa shape index (κ1) is 13.0. The molecular weight excluding hydrogens is 309 g/mol. The maximum absolute atomic E-state index is 14.1. The molecular formula is C15H11ClFN3S. The highest BCUT2D eigenvalue weighted by Gasteiger charge is 2.29. The van der Waals surface area contributed by atoms with Crippen LogP contribution in [0.4, 0.5) is 9.39 Å². The molecule has 0 atom stereocenters. The van der Waals surface area contributed by atoms with Crippen LogP contribution in [0.2, 0.25) is 4.34 Å². The molecule has 21 heavy (non-hydrogen) atoms. The molecule has 2 aromatic rings. The quantitative estimate of drug-likeness (QED) is 0.789. The van der Waals surface area contributed by atoms with Crippen molar-refractivity contribution in [2.75, 3.05) is 24.5 Å². The molecule has 0 aliphatic carbocycles. The minimum absolute atomic E-state index is 0.270. The van der Waals surface area contributed by atoms with E-state index in [0.29, 0.717) is 22.2 Å². The summed E-state index contributed by atoms with van der Waals surface area (Å²) in [5.41, 5.74) is 2.06. The van der Waals surface area contributed by atoms with Gasteiger partial charge in [-0.3, -0.25) is 9.98 Å². The summed E-state index contributed by atoms with van der Waals surface area (Å²) in [4.78, 5) is 11.2. The second-order valence-electron chi connectivity index (χ2n) is 4.86. The fourth-order valence-electron chi connectivity index (χ4n) is 2.69. The number of aliphatic imine (C=N–C) groups is 2. The van der Waals surface area contributed by atoms with Crippen molar-refractivity contribution in [3.8, 4) is 0 Å². The number of benzene rings is 1. The first-order valence-electron chi connectivity index (χ1n) is 6.64. The molecule has 0 spiro atoms. The summed E-state index contributed by atoms with van der Waals surface area (Å²) < 4.78 is 14.8. The summed E-state index contributed by atoms with van der Waals surface area (Å²) in [6.07, 6.45) is 0. The van der Waals surface area contributed by atoms with Crippen molar-refractivity contribution >= 4 is 39.5 Å². The van der Waals surface area contributed by atoms with Crippen molar-refractivity contribution < 1.29 is 4.39 Å². The standard InChI is InChI=1S/C15H11ClFN3S/c16-12-7-10-14(9-3-1-2-4-11(9)17)19-8-13-18-5-6-20(13)15(10)21-12/h1-4,7H,5-6,8H2. The number of thiophene rings is 1. The normalized spacial score (nSPS) is 17.0. The molecule has 0 saturated carbocycles. The van der Waals surface area contributed by atoms with Crippen LogP contribution in [0, 0.1) is 5.82 Å². The van der Waals surface area contributed by atoms with Crippen LogP contribution in [0.25, 0.3) is 0 Å². The molecule has 6 heteroatoms. The first-order valence-corrected chi connectivity index (χ1v) is 7.83. The van der Waals surface area contributed by atoms with E-state index < -0.39 is 0 Å². The largest absolute Gasteiger partial charge is 0.318 e. The molecule has 0 amide bonds. The van der Waals surface area contributed by atoms with Gasteiger partial charge in [-0.2, -0.15) is 0 Å². The van der Waals surface area contributed by atoms with Gasteiger partial charge in [-0.05, 0) is 18.2 Å². The van der Waals surface area contributed by atoms with Crippen LogP contribution in [0.3, 0.4) is 0 Å². The molecule has 0 radical (unpaired) electrons. The number of hydrogen-bond donors (Lipinski definition) is 0. The van der Waals surface area contributed by atoms with Gasteiger partial charge >= 0.3 is 0 Å². The van der Waals surface area contributed by atoms with Crippen molar-refractivity contribution in [1.82, 2.24) is 0 Å². The van der Waals surface area contributed by atoms with E-state index in [-0.39, 0.29) is 5.82 Å². The van der Waals surface area contributed by atoms with Crippen molar-refractivity contribution in [2.45, 2.75) is 0 Å². The number of rotatable bonds is 1. The number of fused-ring (bicyclic) bond motifs is 3. The Kier molecular flexibility index (Phi) is 3.05. The molecule has 3 heterocycles. The second kappa shape index (κ2) is 4.93. The fraction of sp³-hybridized carbons (Fsp3) is 0.200. The highest BCUT2D eigenvalue weighted by Crippen LogP contribution is 2.39. The molecule has 106 valence electrons. The third-order valence-electron chi connectivity index (χ3n) is 3.62. The highest BCUT2D eigenvalue weighted by molar-refractivity contribution is 7.20. The zero-order valence-corrected chi connectivity index (χ0v) is 12.6. The number of anilines is 1. The van der Waals surface area contributed by atoms with Crippen LogP contribution < -0.4 is 4.90 Å². The lowest BCUT2D eigenvalue weighted by molar-refractivity contribution is 0.625. The lowest BCUT2D eigenvalue weighted by Gasteiger charge is -2.16. The third-order valence-corrected chi connectivity index (χ3v) is 4.91. The van der Waals surface area contributed by atoms with Crippen LogP contribution in [0.15, 0.2) is 40.3 Å². The Morgan fingerprint density at radius 3 is 2.90 bits per heavy atom. The minimum atomic E-state index is -0.270. The number of nitrogens with zero attached hydrogens (tertiary/aromatic N) is 3. The topological polar surface area (TPSA) is 28.0 Å². The van der Waals surface area contributed by atoms with Gasteiger partial charge < -0.3 is 4.90 Å². The summed E-state index contributed by atoms with van der Waals surface area (Å²) in [6.45, 7) is 2.08. The third kappa shape index (κ3) is 2.08. The summed E-state index contributed by atoms with van der Waals surface area (Å²) in [5.74, 6) is 0.662. The van der Waals surface area contributed by atoms with E-state index in [2.05, 4.69) is 14.9 Å². The lowest BCUT2D eigenvalue weighted by atomic mass is 10.0. The molecule has 0 saturated heterocycles. The average molecular weight is 320 g/mol. The number of hydrogen-bond acceptors (Lipinski definition) is 4. The summed E-state index contributed by atoms with van der Waals surface area (Å²) in [7, 11) is 0. The van der Waals surface area contributed by atoms with Gasteiger partial charge in [-0.15, -0.1) is 11.3 Å². The van der Waals surface area contributed by atoms with E-state index in [1.54, 1.807) is 12.1 Å². The highest BCUT2D eigenvalue weighted by atomic mass is 35.5. The summed E-state index contributed by atoms with van der Waals surface area (Å²) >= 11 is 7.68. The minimum Gasteiger partial charge on any atom is -0.318 e. The Hall–Kier alpha value is -1.72. The Labute approximate surface area is 130 Å². The average Bonchev–Trinajstić information content (AvgIpc) is 3.05. The smallest absolute Gasteiger partial charge is 0.132 e. The van der Waals surface area contributed by atoms with Gasteiger partial charge in [0.15, 0.2) is 0 Å². The maximum atomic E-state index is 14.1. The van der Waals surface area contributed by atoms with Crippen LogP contribution in [-0.4, -0.2) is 31.2 Å². The summed E-state index contributed by atoms with van der Waals surface area (Å²) in [6, 6.07) is 8.57. The van der Waals surface area contributed by atoms with Crippen LogP contribution in [-0.2, 0) is 0 Å². The van der Waals surface area contributed by atoms with E-state index in [4.69, 9.17) is 11.6 Å². The molecule has 3 nitrogen and oxygen atoms in total. The zero-order chi connectivity index (χ0) is 14.4. The molecule has 2 aliphatic rings. The van der Waals surface area contributed by atoms with Gasteiger partial charge in [0.25, 0.3) is 0 Å². The van der Waals surface area contributed by atoms with Crippen molar-refractivity contribution in [1.29, 1.82) is 0 Å². The summed E-state index contributed by atoms with van der Waals surface area (Å²) in [5, 5.41) is 1.01. The molecule has 0 N–H and O–H groups in total. The molecule has 1 aromatic heterocycles. The van der Waals surface area contributed by atoms with Crippen molar-refractivity contribution in [2.24, 2.45) is 9.98 Å². The number of halogens is 2. The van der Waals surface area contributed by atoms with Gasteiger partial charge in [-0.1, -0.05) is 23.7 Å². The predicted octanol–water partition coefficient (Wildman–Crippen LogP) is 3.61. The molecule has 4 rings (SSSR count). The van der Waals surface area contributed by atoms with Gasteiger partial charge in [0.2, 0.25) is 0 Å². The van der Waals surface area contributed by atoms with E-state index in [0.717, 1.165) is 29.5 Å². The van der Waals surface area contributed by atoms with Crippen LogP contribution in [0.5, 0.6) is 0 Å². The first-order chi connectivity index (χ1) is 10.2. The van der Waals surface area contributed by atoms with E-state index in [1.807, 2.05) is 12.1 Å². The van der Waals surface area contributed by atoms with Gasteiger partial charge in [0.05, 0.1) is 23.1 Å². The lowest BCUT2D eigenvalue weighted by Crippen LogP contribution is -2.28. The Morgan fingerprint density at radius 1 is 1.19 bits per heavy atom. The Morgan fingerprint density at radius 2 is 2.05 bits per heavy atom. The van der Waals surface area contributed by atoms with E-state index in [9.17, 15) is 4.39 Å². The fourth-order valence-corrected chi connectivity index (χ4v) is 3.95. The second-order valence-corrected chi connectivity index (χ2v) is 6.53. The van der Waals surface area contributed by atoms with E-state index >= 15 is 0 Å². The van der Waals surface area contributed by atoms with Crippen molar-refractivity contribution in [3.05, 3.63) is 51.6 Å². The molecule has 2 aliphatic heterocycles. The van der Waals surface area contributed by atoms with E-state index in [1.165, 1.54) is 17.4 Å². The molecule has 0 unspecified atom stereocenters. The maximum Gasteiger partial charge on any atom is 0.132 e. The van der Waals surface area contributed by atoms with Crippen LogP contribution >= 0.6 is 22.9 Å². The van der Waals surface area contributed by atoms with Gasteiger partial charge in [0.1, 0.15) is 16.7 Å². The number of amidine groups is 1. The van der Waals surface area contributed by atoms with Crippen molar-refractivity contribution in [3.63, 3.8) is 0 Å². The molecule has 0 bridgehead atoms. The SMILES string of the molecule is Fc1ccccc1C1=NCC2=NCCN2c2sc(Cl)cc21. The van der Waals surface area contributed by atoms with Gasteiger partial charge in [0, 0.05) is 17.7 Å². The Balaban J connectivity index is 1.93. The Bertz CT molecular complexity index is 781.